The Morgan fingerprint density at radius 1 is 1.35 bits per heavy atom. The first-order chi connectivity index (χ1) is 9.56. The minimum Gasteiger partial charge on any atom is -0.392 e. The highest BCUT2D eigenvalue weighted by Crippen LogP contribution is 2.40. The fourth-order valence-corrected chi connectivity index (χ4v) is 4.32. The quantitative estimate of drug-likeness (QED) is 0.890. The van der Waals surface area contributed by atoms with Crippen molar-refractivity contribution in [3.8, 4) is 0 Å². The zero-order chi connectivity index (χ0) is 14.2. The average molecular weight is 293 g/mol. The highest BCUT2D eigenvalue weighted by Gasteiger charge is 2.40. The van der Waals surface area contributed by atoms with Crippen LogP contribution < -0.4 is 0 Å². The van der Waals surface area contributed by atoms with Crippen LogP contribution in [0.25, 0.3) is 0 Å². The normalized spacial score (nSPS) is 29.8. The van der Waals surface area contributed by atoms with E-state index in [1.165, 1.54) is 37.7 Å². The van der Waals surface area contributed by atoms with Crippen LogP contribution in [0.5, 0.6) is 0 Å². The van der Waals surface area contributed by atoms with Crippen LogP contribution in [-0.2, 0) is 6.54 Å². The third-order valence-electron chi connectivity index (χ3n) is 5.14. The molecule has 0 saturated heterocycles. The van der Waals surface area contributed by atoms with Gasteiger partial charge in [0.05, 0.1) is 6.10 Å². The van der Waals surface area contributed by atoms with Crippen LogP contribution in [0.4, 0.5) is 0 Å². The molecule has 2 saturated carbocycles. The van der Waals surface area contributed by atoms with E-state index in [1.54, 1.807) is 11.3 Å². The number of hydrogen-bond acceptors (Lipinski definition) is 3. The van der Waals surface area contributed by atoms with E-state index in [2.05, 4.69) is 35.6 Å². The van der Waals surface area contributed by atoms with Gasteiger partial charge in [-0.1, -0.05) is 20.3 Å². The van der Waals surface area contributed by atoms with Crippen molar-refractivity contribution in [2.75, 3.05) is 6.54 Å². The van der Waals surface area contributed by atoms with Crippen LogP contribution in [0.2, 0.25) is 0 Å². The second-order valence-electron chi connectivity index (χ2n) is 7.38. The van der Waals surface area contributed by atoms with Gasteiger partial charge in [-0.2, -0.15) is 11.3 Å². The minimum absolute atomic E-state index is 0.0977. The largest absolute Gasteiger partial charge is 0.392 e. The van der Waals surface area contributed by atoms with Crippen LogP contribution in [0.1, 0.15) is 51.5 Å². The Labute approximate surface area is 126 Å². The maximum absolute atomic E-state index is 10.6. The second kappa shape index (κ2) is 5.78. The van der Waals surface area contributed by atoms with Crippen molar-refractivity contribution >= 4 is 11.3 Å². The van der Waals surface area contributed by atoms with Crippen molar-refractivity contribution in [2.45, 2.75) is 64.6 Å². The van der Waals surface area contributed by atoms with Gasteiger partial charge >= 0.3 is 0 Å². The van der Waals surface area contributed by atoms with Crippen molar-refractivity contribution in [1.29, 1.82) is 0 Å². The summed E-state index contributed by atoms with van der Waals surface area (Å²) in [6, 6.07) is 3.01. The number of aliphatic hydroxyl groups excluding tert-OH is 1. The standard InChI is InChI=1S/C17H27NOS/c1-17(2)8-3-4-14(16(17)19)11-18(15-5-6-15)10-13-7-9-20-12-13/h7,9,12,14-16,19H,3-6,8,10-11H2,1-2H3. The summed E-state index contributed by atoms with van der Waals surface area (Å²) >= 11 is 1.78. The zero-order valence-corrected chi connectivity index (χ0v) is 13.5. The third kappa shape index (κ3) is 3.26. The minimum atomic E-state index is -0.139. The molecule has 3 heteroatoms. The molecule has 2 nitrogen and oxygen atoms in total. The third-order valence-corrected chi connectivity index (χ3v) is 5.87. The van der Waals surface area contributed by atoms with E-state index in [-0.39, 0.29) is 11.5 Å². The monoisotopic (exact) mass is 293 g/mol. The lowest BCUT2D eigenvalue weighted by Gasteiger charge is -2.42. The van der Waals surface area contributed by atoms with E-state index < -0.39 is 0 Å². The summed E-state index contributed by atoms with van der Waals surface area (Å²) in [5, 5.41) is 15.1. The molecule has 0 bridgehead atoms. The lowest BCUT2D eigenvalue weighted by atomic mass is 9.69. The molecule has 2 atom stereocenters. The van der Waals surface area contributed by atoms with Crippen LogP contribution in [-0.4, -0.2) is 28.7 Å². The van der Waals surface area contributed by atoms with Crippen molar-refractivity contribution in [1.82, 2.24) is 4.90 Å². The first-order valence-electron chi connectivity index (χ1n) is 7.99. The molecule has 1 N–H and O–H groups in total. The molecule has 0 radical (unpaired) electrons. The van der Waals surface area contributed by atoms with E-state index in [4.69, 9.17) is 0 Å². The Balaban J connectivity index is 1.64. The maximum Gasteiger partial charge on any atom is 0.0631 e. The molecule has 0 aliphatic heterocycles. The van der Waals surface area contributed by atoms with E-state index in [9.17, 15) is 5.11 Å². The second-order valence-corrected chi connectivity index (χ2v) is 8.16. The molecule has 1 aromatic heterocycles. The van der Waals surface area contributed by atoms with Gasteiger partial charge in [0.1, 0.15) is 0 Å². The topological polar surface area (TPSA) is 23.5 Å². The van der Waals surface area contributed by atoms with Crippen LogP contribution in [0, 0.1) is 11.3 Å². The molecule has 1 heterocycles. The first-order valence-corrected chi connectivity index (χ1v) is 8.94. The van der Waals surface area contributed by atoms with Gasteiger partial charge in [0.2, 0.25) is 0 Å². The maximum atomic E-state index is 10.6. The summed E-state index contributed by atoms with van der Waals surface area (Å²) in [5.74, 6) is 0.456. The van der Waals surface area contributed by atoms with Gasteiger partial charge in [-0.15, -0.1) is 0 Å². The summed E-state index contributed by atoms with van der Waals surface area (Å²) in [6.07, 6.45) is 6.18. The van der Waals surface area contributed by atoms with Gasteiger partial charge in [0, 0.05) is 19.1 Å². The molecule has 2 fully saturated rings. The van der Waals surface area contributed by atoms with E-state index in [1.807, 2.05) is 0 Å². The smallest absolute Gasteiger partial charge is 0.0631 e. The van der Waals surface area contributed by atoms with Crippen LogP contribution in [0.15, 0.2) is 16.8 Å². The first kappa shape index (κ1) is 14.6. The van der Waals surface area contributed by atoms with Crippen molar-refractivity contribution in [3.05, 3.63) is 22.4 Å². The molecule has 20 heavy (non-hydrogen) atoms. The molecule has 1 aromatic rings. The summed E-state index contributed by atoms with van der Waals surface area (Å²) < 4.78 is 0. The van der Waals surface area contributed by atoms with E-state index >= 15 is 0 Å². The number of aliphatic hydroxyl groups is 1. The SMILES string of the molecule is CC1(C)CCCC(CN(Cc2ccsc2)C2CC2)C1O. The van der Waals surface area contributed by atoms with Crippen molar-refractivity contribution in [3.63, 3.8) is 0 Å². The molecule has 112 valence electrons. The number of nitrogens with zero attached hydrogens (tertiary/aromatic N) is 1. The molecule has 3 rings (SSSR count). The lowest BCUT2D eigenvalue weighted by molar-refractivity contribution is -0.0445. The summed E-state index contributed by atoms with van der Waals surface area (Å²) in [6.45, 7) is 6.59. The summed E-state index contributed by atoms with van der Waals surface area (Å²) in [4.78, 5) is 2.62. The lowest BCUT2D eigenvalue weighted by Crippen LogP contribution is -2.45. The highest BCUT2D eigenvalue weighted by atomic mass is 32.1. The summed E-state index contributed by atoms with van der Waals surface area (Å²) in [7, 11) is 0. The average Bonchev–Trinajstić information content (AvgIpc) is 3.13. The molecular formula is C17H27NOS. The molecule has 0 amide bonds. The molecule has 0 spiro atoms. The van der Waals surface area contributed by atoms with Gasteiger partial charge in [-0.25, -0.2) is 0 Å². The molecule has 2 unspecified atom stereocenters. The summed E-state index contributed by atoms with van der Waals surface area (Å²) in [5.41, 5.74) is 1.53. The van der Waals surface area contributed by atoms with E-state index in [0.29, 0.717) is 5.92 Å². The zero-order valence-electron chi connectivity index (χ0n) is 12.7. The fraction of sp³-hybridized carbons (Fsp3) is 0.765. The number of rotatable bonds is 5. The van der Waals surface area contributed by atoms with Gasteiger partial charge in [-0.05, 0) is 59.4 Å². The van der Waals surface area contributed by atoms with Gasteiger partial charge < -0.3 is 5.11 Å². The predicted octanol–water partition coefficient (Wildman–Crippen LogP) is 3.90. The van der Waals surface area contributed by atoms with Gasteiger partial charge in [0.25, 0.3) is 0 Å². The van der Waals surface area contributed by atoms with Crippen LogP contribution in [0.3, 0.4) is 0 Å². The molecular weight excluding hydrogens is 266 g/mol. The van der Waals surface area contributed by atoms with Crippen LogP contribution >= 0.6 is 11.3 Å². The Morgan fingerprint density at radius 3 is 2.80 bits per heavy atom. The molecule has 0 aromatic carbocycles. The molecule has 2 aliphatic carbocycles. The number of hydrogen-bond donors (Lipinski definition) is 1. The van der Waals surface area contributed by atoms with E-state index in [0.717, 1.165) is 19.1 Å². The highest BCUT2D eigenvalue weighted by molar-refractivity contribution is 7.07. The Morgan fingerprint density at radius 2 is 2.15 bits per heavy atom. The molecule has 2 aliphatic rings. The Hall–Kier alpha value is -0.380. The van der Waals surface area contributed by atoms with Gasteiger partial charge in [-0.3, -0.25) is 4.90 Å². The van der Waals surface area contributed by atoms with Gasteiger partial charge in [0.15, 0.2) is 0 Å². The Kier molecular flexibility index (Phi) is 4.21. The number of thiophene rings is 1. The Bertz CT molecular complexity index is 424. The van der Waals surface area contributed by atoms with Crippen molar-refractivity contribution in [2.24, 2.45) is 11.3 Å². The fourth-order valence-electron chi connectivity index (χ4n) is 3.66. The van der Waals surface area contributed by atoms with Crippen molar-refractivity contribution < 1.29 is 5.11 Å². The predicted molar refractivity (Wildman–Crippen MR) is 84.9 cm³/mol.